The van der Waals surface area contributed by atoms with Gasteiger partial charge in [0.15, 0.2) is 0 Å². The molecule has 0 saturated heterocycles. The molecule has 0 unspecified atom stereocenters. The van der Waals surface area contributed by atoms with Crippen molar-refractivity contribution in [3.05, 3.63) is 0 Å². The summed E-state index contributed by atoms with van der Waals surface area (Å²) < 4.78 is 31.6. The first kappa shape index (κ1) is 23.7. The summed E-state index contributed by atoms with van der Waals surface area (Å²) in [6.45, 7) is -1.45. The van der Waals surface area contributed by atoms with E-state index in [1.807, 2.05) is 0 Å². The Balaban J connectivity index is -0.000000321. The van der Waals surface area contributed by atoms with Gasteiger partial charge in [-0.2, -0.15) is 8.42 Å². The monoisotopic (exact) mass is 304 g/mol. The third-order valence-electron chi connectivity index (χ3n) is 1.51. The van der Waals surface area contributed by atoms with Gasteiger partial charge in [-0.15, -0.1) is 0 Å². The maximum absolute atomic E-state index is 8.96. The summed E-state index contributed by atoms with van der Waals surface area (Å²) in [6, 6.07) is 0. The average Bonchev–Trinajstić information content (AvgIpc) is 2.22. The van der Waals surface area contributed by atoms with E-state index in [1.54, 1.807) is 0 Å². The fraction of sp³-hybridized carbons (Fsp3) is 1.00. The first-order valence-corrected chi connectivity index (χ1v) is 5.58. The Kier molecular flexibility index (Phi) is 15.1. The van der Waals surface area contributed by atoms with Gasteiger partial charge >= 0.3 is 40.0 Å². The van der Waals surface area contributed by atoms with Crippen LogP contribution in [0.2, 0.25) is 0 Å². The summed E-state index contributed by atoms with van der Waals surface area (Å²) in [6.07, 6.45) is -6.39. The molecule has 0 saturated carbocycles. The second-order valence-corrected chi connectivity index (χ2v) is 3.82. The Hall–Kier alpha value is 0.630. The molecule has 0 aromatic heterocycles. The Labute approximate surface area is 125 Å². The number of rotatable bonds is 5. The third-order valence-corrected chi connectivity index (χ3v) is 1.51. The molecule has 0 aliphatic rings. The molecule has 0 aliphatic heterocycles. The van der Waals surface area contributed by atoms with Crippen molar-refractivity contribution in [2.45, 2.75) is 24.4 Å². The fourth-order valence-electron chi connectivity index (χ4n) is 0.671. The fourth-order valence-corrected chi connectivity index (χ4v) is 0.671. The zero-order chi connectivity index (χ0) is 14.2. The minimum atomic E-state index is -4.67. The van der Waals surface area contributed by atoms with Crippen LogP contribution < -0.4 is 0 Å². The Morgan fingerprint density at radius 1 is 0.778 bits per heavy atom. The second kappa shape index (κ2) is 11.5. The van der Waals surface area contributed by atoms with E-state index in [0.29, 0.717) is 0 Å². The van der Waals surface area contributed by atoms with E-state index in [-0.39, 0.29) is 29.6 Å². The van der Waals surface area contributed by atoms with Gasteiger partial charge in [0.1, 0.15) is 24.4 Å². The van der Waals surface area contributed by atoms with Crippen molar-refractivity contribution in [3.63, 3.8) is 0 Å². The Morgan fingerprint density at radius 3 is 1.06 bits per heavy atom. The second-order valence-electron chi connectivity index (χ2n) is 2.93. The normalized spacial score (nSPS) is 17.6. The van der Waals surface area contributed by atoms with E-state index in [9.17, 15) is 0 Å². The molecule has 0 radical (unpaired) electrons. The molecule has 108 valence electrons. The van der Waals surface area contributed by atoms with Crippen molar-refractivity contribution < 1.29 is 48.2 Å². The molecule has 18 heavy (non-hydrogen) atoms. The maximum atomic E-state index is 8.96. The Morgan fingerprint density at radius 2 is 0.944 bits per heavy atom. The zero-order valence-electron chi connectivity index (χ0n) is 8.53. The van der Waals surface area contributed by atoms with Gasteiger partial charge in [-0.3, -0.25) is 9.11 Å². The summed E-state index contributed by atoms with van der Waals surface area (Å²) in [5.74, 6) is 0. The Bertz CT molecular complexity index is 260. The summed E-state index contributed by atoms with van der Waals surface area (Å²) in [4.78, 5) is 0. The van der Waals surface area contributed by atoms with Crippen molar-refractivity contribution in [2.75, 3.05) is 13.2 Å². The van der Waals surface area contributed by atoms with Gasteiger partial charge in [-0.05, 0) is 0 Å². The summed E-state index contributed by atoms with van der Waals surface area (Å²) >= 11 is 0. The molecule has 0 amide bonds. The molecule has 8 N–H and O–H groups in total. The molecule has 4 atom stereocenters. The summed E-state index contributed by atoms with van der Waals surface area (Å²) in [5.41, 5.74) is 0. The zero-order valence-corrected chi connectivity index (χ0v) is 9.34. The topological polar surface area (TPSA) is 196 Å². The number of hydrogen-bond donors (Lipinski definition) is 8. The van der Waals surface area contributed by atoms with Crippen LogP contribution in [-0.2, 0) is 10.4 Å². The minimum absolute atomic E-state index is 0. The molecule has 0 aliphatic carbocycles. The van der Waals surface area contributed by atoms with Gasteiger partial charge in [-0.1, -0.05) is 0 Å². The molecule has 12 heteroatoms. The van der Waals surface area contributed by atoms with Crippen LogP contribution >= 0.6 is 0 Å². The quantitative estimate of drug-likeness (QED) is 0.180. The van der Waals surface area contributed by atoms with E-state index in [0.717, 1.165) is 0 Å². The molecule has 10 nitrogen and oxygen atoms in total. The van der Waals surface area contributed by atoms with Crippen LogP contribution in [0, 0.1) is 0 Å². The standard InChI is InChI=1S/C6H14O6.Na.H2O4S.H/c7-1-3(9)5(11)6(12)4(10)2-8;;1-5(2,3)4;/h3-12H,1-2H2;;(H2,1,2,3,4);/t3-,4+,5-,6-;;;/m1.../s1. The van der Waals surface area contributed by atoms with Gasteiger partial charge in [0.2, 0.25) is 0 Å². The third kappa shape index (κ3) is 14.7. The van der Waals surface area contributed by atoms with Crippen LogP contribution in [0.3, 0.4) is 0 Å². The summed E-state index contributed by atoms with van der Waals surface area (Å²) in [5, 5.41) is 52.2. The number of hydrogen-bond acceptors (Lipinski definition) is 8. The van der Waals surface area contributed by atoms with Gasteiger partial charge in [0, 0.05) is 0 Å². The SMILES string of the molecule is O=S(=O)(O)O.OC[C@@H](O)[C@@H](O)[C@H](O)[C@@H](O)CO.[NaH]. The molecule has 0 fully saturated rings. The number of aliphatic hydroxyl groups is 6. The molecule has 0 heterocycles. The molecule has 0 aromatic rings. The van der Waals surface area contributed by atoms with Crippen molar-refractivity contribution in [3.8, 4) is 0 Å². The van der Waals surface area contributed by atoms with Crippen LogP contribution in [-0.4, -0.2) is 115 Å². The first-order valence-electron chi connectivity index (χ1n) is 4.18. The van der Waals surface area contributed by atoms with Crippen molar-refractivity contribution >= 4 is 40.0 Å². The van der Waals surface area contributed by atoms with Gasteiger partial charge in [0.05, 0.1) is 13.2 Å². The first-order chi connectivity index (χ1) is 7.54. The molecule has 0 rings (SSSR count). The molecule has 0 spiro atoms. The van der Waals surface area contributed by atoms with E-state index < -0.39 is 48.0 Å². The van der Waals surface area contributed by atoms with Gasteiger partial charge < -0.3 is 30.6 Å². The van der Waals surface area contributed by atoms with Gasteiger partial charge in [-0.25, -0.2) is 0 Å². The van der Waals surface area contributed by atoms with Crippen molar-refractivity contribution in [2.24, 2.45) is 0 Å². The molecule has 0 aromatic carbocycles. The van der Waals surface area contributed by atoms with Crippen LogP contribution in [0.25, 0.3) is 0 Å². The van der Waals surface area contributed by atoms with Crippen molar-refractivity contribution in [1.29, 1.82) is 0 Å². The summed E-state index contributed by atoms with van der Waals surface area (Å²) in [7, 11) is -4.67. The molecule has 0 bridgehead atoms. The van der Waals surface area contributed by atoms with E-state index in [4.69, 9.17) is 48.2 Å². The average molecular weight is 304 g/mol. The van der Waals surface area contributed by atoms with Crippen molar-refractivity contribution in [1.82, 2.24) is 0 Å². The van der Waals surface area contributed by atoms with Crippen LogP contribution in [0.15, 0.2) is 0 Å². The molecular weight excluding hydrogens is 287 g/mol. The van der Waals surface area contributed by atoms with Crippen LogP contribution in [0.1, 0.15) is 0 Å². The predicted molar refractivity (Wildman–Crippen MR) is 59.5 cm³/mol. The van der Waals surface area contributed by atoms with E-state index >= 15 is 0 Å². The predicted octanol–water partition coefficient (Wildman–Crippen LogP) is -4.89. The van der Waals surface area contributed by atoms with E-state index in [1.165, 1.54) is 0 Å². The van der Waals surface area contributed by atoms with E-state index in [2.05, 4.69) is 0 Å². The van der Waals surface area contributed by atoms with Crippen LogP contribution in [0.4, 0.5) is 0 Å². The van der Waals surface area contributed by atoms with Crippen LogP contribution in [0.5, 0.6) is 0 Å². The molecular formula is C6H17NaO10S. The number of aliphatic hydroxyl groups excluding tert-OH is 6. The van der Waals surface area contributed by atoms with Gasteiger partial charge in [0.25, 0.3) is 0 Å².